The summed E-state index contributed by atoms with van der Waals surface area (Å²) in [7, 11) is 2.05. The summed E-state index contributed by atoms with van der Waals surface area (Å²) in [5, 5.41) is 4.62. The number of nitrogens with one attached hydrogen (secondary N) is 1. The van der Waals surface area contributed by atoms with Crippen LogP contribution >= 0.6 is 11.3 Å². The number of aromatic nitrogens is 1. The van der Waals surface area contributed by atoms with Crippen LogP contribution in [0.15, 0.2) is 0 Å². The fourth-order valence-electron chi connectivity index (χ4n) is 3.31. The zero-order valence-electron chi connectivity index (χ0n) is 12.5. The summed E-state index contributed by atoms with van der Waals surface area (Å²) in [6.45, 7) is 5.03. The molecule has 0 aromatic carbocycles. The van der Waals surface area contributed by atoms with Gasteiger partial charge < -0.3 is 15.0 Å². The fourth-order valence-corrected chi connectivity index (χ4v) is 4.50. The lowest BCUT2D eigenvalue weighted by atomic mass is 9.98. The molecule has 0 saturated carbocycles. The number of fused-ring (bicyclic) bond motifs is 1. The van der Waals surface area contributed by atoms with E-state index in [0.717, 1.165) is 19.7 Å². The highest BCUT2D eigenvalue weighted by Gasteiger charge is 2.27. The van der Waals surface area contributed by atoms with Gasteiger partial charge in [-0.2, -0.15) is 0 Å². The second-order valence-corrected chi connectivity index (χ2v) is 6.77. The molecule has 3 rings (SSSR count). The van der Waals surface area contributed by atoms with Gasteiger partial charge >= 0.3 is 0 Å². The lowest BCUT2D eigenvalue weighted by Crippen LogP contribution is -2.39. The van der Waals surface area contributed by atoms with E-state index in [1.807, 2.05) is 18.4 Å². The summed E-state index contributed by atoms with van der Waals surface area (Å²) < 4.78 is 5.80. The number of piperidine rings is 1. The zero-order valence-corrected chi connectivity index (χ0v) is 13.3. The standard InChI is InChI=1S/C15H25N3OS/c1-3-19-11-6-5-9-18(10-11)15-17-14-12(16-2)7-4-8-13(14)20-15/h11-12,16H,3-10H2,1-2H3. The van der Waals surface area contributed by atoms with Crippen LogP contribution in [0.4, 0.5) is 5.13 Å². The van der Waals surface area contributed by atoms with Crippen molar-refractivity contribution in [2.24, 2.45) is 0 Å². The molecule has 4 nitrogen and oxygen atoms in total. The van der Waals surface area contributed by atoms with Crippen LogP contribution in [0.1, 0.15) is 49.2 Å². The summed E-state index contributed by atoms with van der Waals surface area (Å²) >= 11 is 1.90. The number of nitrogens with zero attached hydrogens (tertiary/aromatic N) is 2. The molecule has 0 spiro atoms. The van der Waals surface area contributed by atoms with Gasteiger partial charge in [0.15, 0.2) is 5.13 Å². The molecule has 2 aliphatic rings. The van der Waals surface area contributed by atoms with Gasteiger partial charge in [0.2, 0.25) is 0 Å². The molecular weight excluding hydrogens is 270 g/mol. The van der Waals surface area contributed by atoms with E-state index in [9.17, 15) is 0 Å². The molecule has 2 atom stereocenters. The Balaban J connectivity index is 1.75. The van der Waals surface area contributed by atoms with Crippen molar-refractivity contribution in [3.63, 3.8) is 0 Å². The van der Waals surface area contributed by atoms with Gasteiger partial charge in [0.05, 0.1) is 17.8 Å². The second kappa shape index (κ2) is 6.41. The first-order valence-electron chi connectivity index (χ1n) is 7.85. The molecule has 1 aliphatic heterocycles. The summed E-state index contributed by atoms with van der Waals surface area (Å²) in [6.07, 6.45) is 6.48. The monoisotopic (exact) mass is 295 g/mol. The number of thiazole rings is 1. The predicted octanol–water partition coefficient (Wildman–Crippen LogP) is 2.75. The first kappa shape index (κ1) is 14.3. The van der Waals surface area contributed by atoms with Crippen molar-refractivity contribution in [1.82, 2.24) is 10.3 Å². The Morgan fingerprint density at radius 3 is 3.10 bits per heavy atom. The predicted molar refractivity (Wildman–Crippen MR) is 83.7 cm³/mol. The van der Waals surface area contributed by atoms with E-state index in [2.05, 4.69) is 17.1 Å². The van der Waals surface area contributed by atoms with E-state index in [-0.39, 0.29) is 0 Å². The maximum absolute atomic E-state index is 5.80. The smallest absolute Gasteiger partial charge is 0.185 e. The average Bonchev–Trinajstić information content (AvgIpc) is 2.92. The Labute approximate surface area is 125 Å². The number of anilines is 1. The Morgan fingerprint density at radius 2 is 2.30 bits per heavy atom. The van der Waals surface area contributed by atoms with E-state index in [1.54, 1.807) is 0 Å². The van der Waals surface area contributed by atoms with Crippen molar-refractivity contribution in [2.45, 2.75) is 51.2 Å². The van der Waals surface area contributed by atoms with Gasteiger partial charge in [0.1, 0.15) is 0 Å². The maximum atomic E-state index is 5.80. The van der Waals surface area contributed by atoms with E-state index in [1.165, 1.54) is 47.8 Å². The van der Waals surface area contributed by atoms with Gasteiger partial charge in [0, 0.05) is 24.6 Å². The molecular formula is C15H25N3OS. The van der Waals surface area contributed by atoms with E-state index < -0.39 is 0 Å². The molecule has 20 heavy (non-hydrogen) atoms. The number of rotatable bonds is 4. The molecule has 0 bridgehead atoms. The Bertz CT molecular complexity index is 446. The van der Waals surface area contributed by atoms with Crippen LogP contribution in [0, 0.1) is 0 Å². The first-order valence-corrected chi connectivity index (χ1v) is 8.67. The molecule has 2 heterocycles. The number of hydrogen-bond donors (Lipinski definition) is 1. The lowest BCUT2D eigenvalue weighted by Gasteiger charge is -2.32. The van der Waals surface area contributed by atoms with Gasteiger partial charge in [-0.05, 0) is 46.1 Å². The highest BCUT2D eigenvalue weighted by atomic mass is 32.1. The minimum absolute atomic E-state index is 0.384. The van der Waals surface area contributed by atoms with Crippen LogP contribution in [0.3, 0.4) is 0 Å². The van der Waals surface area contributed by atoms with Crippen LogP contribution < -0.4 is 10.2 Å². The quantitative estimate of drug-likeness (QED) is 0.927. The number of ether oxygens (including phenoxy) is 1. The molecule has 0 amide bonds. The van der Waals surface area contributed by atoms with Crippen LogP contribution in [-0.2, 0) is 11.2 Å². The minimum atomic E-state index is 0.384. The second-order valence-electron chi connectivity index (χ2n) is 5.70. The molecule has 1 aromatic heterocycles. The third kappa shape index (κ3) is 2.85. The normalized spacial score (nSPS) is 26.6. The fraction of sp³-hybridized carbons (Fsp3) is 0.800. The number of aryl methyl sites for hydroxylation is 1. The van der Waals surface area contributed by atoms with E-state index in [0.29, 0.717) is 12.1 Å². The van der Waals surface area contributed by atoms with Gasteiger partial charge in [-0.25, -0.2) is 4.98 Å². The van der Waals surface area contributed by atoms with Crippen LogP contribution in [0.25, 0.3) is 0 Å². The third-order valence-corrected chi connectivity index (χ3v) is 5.53. The van der Waals surface area contributed by atoms with Crippen LogP contribution in [0.5, 0.6) is 0 Å². The summed E-state index contributed by atoms with van der Waals surface area (Å²) in [5.74, 6) is 0. The lowest BCUT2D eigenvalue weighted by molar-refractivity contribution is 0.0526. The zero-order chi connectivity index (χ0) is 13.9. The molecule has 0 radical (unpaired) electrons. The maximum Gasteiger partial charge on any atom is 0.185 e. The third-order valence-electron chi connectivity index (χ3n) is 4.34. The van der Waals surface area contributed by atoms with Gasteiger partial charge in [-0.15, -0.1) is 11.3 Å². The molecule has 1 fully saturated rings. The molecule has 112 valence electrons. The summed E-state index contributed by atoms with van der Waals surface area (Å²) in [6, 6.07) is 0.455. The molecule has 2 unspecified atom stereocenters. The largest absolute Gasteiger partial charge is 0.377 e. The van der Waals surface area contributed by atoms with Crippen molar-refractivity contribution >= 4 is 16.5 Å². The Hall–Kier alpha value is -0.650. The van der Waals surface area contributed by atoms with Gasteiger partial charge in [0.25, 0.3) is 0 Å². The van der Waals surface area contributed by atoms with Crippen molar-refractivity contribution in [2.75, 3.05) is 31.6 Å². The Morgan fingerprint density at radius 1 is 1.40 bits per heavy atom. The summed E-state index contributed by atoms with van der Waals surface area (Å²) in [4.78, 5) is 8.87. The van der Waals surface area contributed by atoms with Crippen molar-refractivity contribution in [1.29, 1.82) is 0 Å². The SMILES string of the molecule is CCOC1CCCN(c2nc3c(s2)CCCC3NC)C1. The average molecular weight is 295 g/mol. The molecule has 1 aromatic rings. The van der Waals surface area contributed by atoms with Crippen molar-refractivity contribution in [3.8, 4) is 0 Å². The molecule has 1 N–H and O–H groups in total. The minimum Gasteiger partial charge on any atom is -0.377 e. The summed E-state index contributed by atoms with van der Waals surface area (Å²) in [5.41, 5.74) is 1.30. The van der Waals surface area contributed by atoms with Gasteiger partial charge in [-0.1, -0.05) is 0 Å². The number of hydrogen-bond acceptors (Lipinski definition) is 5. The molecule has 1 saturated heterocycles. The van der Waals surface area contributed by atoms with Gasteiger partial charge in [-0.3, -0.25) is 0 Å². The first-order chi connectivity index (χ1) is 9.81. The van der Waals surface area contributed by atoms with E-state index >= 15 is 0 Å². The van der Waals surface area contributed by atoms with Crippen LogP contribution in [0.2, 0.25) is 0 Å². The topological polar surface area (TPSA) is 37.4 Å². The van der Waals surface area contributed by atoms with Crippen molar-refractivity contribution in [3.05, 3.63) is 10.6 Å². The van der Waals surface area contributed by atoms with Crippen LogP contribution in [-0.4, -0.2) is 37.8 Å². The molecule has 1 aliphatic carbocycles. The van der Waals surface area contributed by atoms with E-state index in [4.69, 9.17) is 9.72 Å². The van der Waals surface area contributed by atoms with Crippen molar-refractivity contribution < 1.29 is 4.74 Å². The molecule has 5 heteroatoms. The highest BCUT2D eigenvalue weighted by molar-refractivity contribution is 7.15. The Kier molecular flexibility index (Phi) is 4.58. The highest BCUT2D eigenvalue weighted by Crippen LogP contribution is 2.37.